The average Bonchev–Trinajstić information content (AvgIpc) is 2.67. The summed E-state index contributed by atoms with van der Waals surface area (Å²) in [5, 5.41) is 2.57. The lowest BCUT2D eigenvalue weighted by Crippen LogP contribution is -2.34. The van der Waals surface area contributed by atoms with E-state index in [9.17, 15) is 39.6 Å². The molecule has 0 bridgehead atoms. The number of hydrogen-bond acceptors (Lipinski definition) is 5. The van der Waals surface area contributed by atoms with Gasteiger partial charge in [0.1, 0.15) is 5.75 Å². The standard InChI is InChI=1S/C13H11F6NO4S/c14-12(15,16)11(21)9-6-20-5-4-8-7(9)2-1-3-10(8)24-25(22,23)13(17,18)19/h1-3,9,20H,4-6H2. The zero-order valence-corrected chi connectivity index (χ0v) is 13.1. The number of nitrogens with one attached hydrogen (secondary N) is 1. The molecule has 5 nitrogen and oxygen atoms in total. The van der Waals surface area contributed by atoms with Crippen LogP contribution in [0.3, 0.4) is 0 Å². The highest BCUT2D eigenvalue weighted by Gasteiger charge is 2.49. The van der Waals surface area contributed by atoms with E-state index in [4.69, 9.17) is 0 Å². The Balaban J connectivity index is 2.50. The van der Waals surface area contributed by atoms with E-state index < -0.39 is 39.3 Å². The van der Waals surface area contributed by atoms with Gasteiger partial charge in [-0.25, -0.2) is 0 Å². The molecule has 1 N–H and O–H groups in total. The predicted octanol–water partition coefficient (Wildman–Crippen LogP) is 2.28. The lowest BCUT2D eigenvalue weighted by Gasteiger charge is -2.19. The first-order chi connectivity index (χ1) is 11.3. The van der Waals surface area contributed by atoms with E-state index in [-0.39, 0.29) is 30.6 Å². The van der Waals surface area contributed by atoms with E-state index in [0.29, 0.717) is 0 Å². The Morgan fingerprint density at radius 3 is 2.36 bits per heavy atom. The van der Waals surface area contributed by atoms with Gasteiger partial charge in [0.05, 0.1) is 5.92 Å². The third-order valence-electron chi connectivity index (χ3n) is 3.52. The van der Waals surface area contributed by atoms with Crippen molar-refractivity contribution in [2.45, 2.75) is 24.0 Å². The van der Waals surface area contributed by atoms with E-state index in [1.54, 1.807) is 0 Å². The van der Waals surface area contributed by atoms with Gasteiger partial charge in [0.15, 0.2) is 0 Å². The van der Waals surface area contributed by atoms with E-state index in [2.05, 4.69) is 9.50 Å². The molecule has 1 atom stereocenters. The molecule has 1 aliphatic heterocycles. The Morgan fingerprint density at radius 2 is 1.80 bits per heavy atom. The second-order valence-electron chi connectivity index (χ2n) is 5.18. The number of halogens is 6. The molecule has 1 aliphatic rings. The number of rotatable bonds is 3. The summed E-state index contributed by atoms with van der Waals surface area (Å²) in [5.74, 6) is -4.55. The summed E-state index contributed by atoms with van der Waals surface area (Å²) in [6.07, 6.45) is -5.26. The minimum absolute atomic E-state index is 0.0288. The van der Waals surface area contributed by atoms with Crippen molar-refractivity contribution in [2.75, 3.05) is 13.1 Å². The lowest BCUT2D eigenvalue weighted by atomic mass is 9.90. The third-order valence-corrected chi connectivity index (χ3v) is 4.49. The normalized spacial score (nSPS) is 19.0. The molecule has 0 saturated carbocycles. The Hall–Kier alpha value is -1.82. The van der Waals surface area contributed by atoms with Crippen LogP contribution in [0.2, 0.25) is 0 Å². The maximum Gasteiger partial charge on any atom is 0.534 e. The zero-order chi connectivity index (χ0) is 19.0. The predicted molar refractivity (Wildman–Crippen MR) is 72.4 cm³/mol. The van der Waals surface area contributed by atoms with Crippen molar-refractivity contribution in [1.82, 2.24) is 5.32 Å². The highest BCUT2D eigenvalue weighted by atomic mass is 32.2. The summed E-state index contributed by atoms with van der Waals surface area (Å²) in [5.41, 5.74) is -6.11. The molecule has 1 aromatic carbocycles. The van der Waals surface area contributed by atoms with Crippen LogP contribution in [0.4, 0.5) is 26.3 Å². The van der Waals surface area contributed by atoms with Gasteiger partial charge in [-0.3, -0.25) is 4.79 Å². The van der Waals surface area contributed by atoms with Crippen LogP contribution in [-0.4, -0.2) is 39.0 Å². The molecule has 25 heavy (non-hydrogen) atoms. The van der Waals surface area contributed by atoms with E-state index in [1.807, 2.05) is 0 Å². The Labute approximate surface area is 138 Å². The number of fused-ring (bicyclic) bond motifs is 1. The smallest absolute Gasteiger partial charge is 0.376 e. The first-order valence-electron chi connectivity index (χ1n) is 6.79. The highest BCUT2D eigenvalue weighted by molar-refractivity contribution is 7.88. The molecular formula is C13H11F6NO4S. The number of benzene rings is 1. The molecule has 12 heteroatoms. The summed E-state index contributed by atoms with van der Waals surface area (Å²) in [6.45, 7) is -0.359. The molecule has 2 rings (SSSR count). The Kier molecular flexibility index (Phi) is 5.06. The first-order valence-corrected chi connectivity index (χ1v) is 8.19. The van der Waals surface area contributed by atoms with Crippen LogP contribution >= 0.6 is 0 Å². The molecule has 1 unspecified atom stereocenters. The second-order valence-corrected chi connectivity index (χ2v) is 6.71. The molecule has 1 aromatic rings. The van der Waals surface area contributed by atoms with Crippen molar-refractivity contribution in [3.8, 4) is 5.75 Å². The van der Waals surface area contributed by atoms with Gasteiger partial charge in [0, 0.05) is 12.1 Å². The summed E-state index contributed by atoms with van der Waals surface area (Å²) in [6, 6.07) is 3.05. The summed E-state index contributed by atoms with van der Waals surface area (Å²) in [7, 11) is -5.99. The fraction of sp³-hybridized carbons (Fsp3) is 0.462. The maximum absolute atomic E-state index is 12.7. The van der Waals surface area contributed by atoms with Crippen LogP contribution in [0.1, 0.15) is 17.0 Å². The van der Waals surface area contributed by atoms with Gasteiger partial charge in [-0.1, -0.05) is 12.1 Å². The first kappa shape index (κ1) is 19.5. The van der Waals surface area contributed by atoms with Crippen molar-refractivity contribution >= 4 is 15.9 Å². The van der Waals surface area contributed by atoms with Crippen molar-refractivity contribution in [2.24, 2.45) is 0 Å². The van der Waals surface area contributed by atoms with Crippen LogP contribution < -0.4 is 9.50 Å². The molecule has 140 valence electrons. The maximum atomic E-state index is 12.7. The minimum atomic E-state index is -5.99. The number of alkyl halides is 6. The zero-order valence-electron chi connectivity index (χ0n) is 12.2. The minimum Gasteiger partial charge on any atom is -0.376 e. The number of ketones is 1. The summed E-state index contributed by atoms with van der Waals surface area (Å²) < 4.78 is 102. The van der Waals surface area contributed by atoms with Gasteiger partial charge < -0.3 is 9.50 Å². The van der Waals surface area contributed by atoms with E-state index >= 15 is 0 Å². The Bertz CT molecular complexity index is 772. The van der Waals surface area contributed by atoms with Gasteiger partial charge >= 0.3 is 21.8 Å². The molecule has 1 heterocycles. The third kappa shape index (κ3) is 4.06. The molecule has 0 saturated heterocycles. The fourth-order valence-electron chi connectivity index (χ4n) is 2.42. The van der Waals surface area contributed by atoms with Crippen molar-refractivity contribution in [3.63, 3.8) is 0 Å². The van der Waals surface area contributed by atoms with Crippen LogP contribution in [0, 0.1) is 0 Å². The van der Waals surface area contributed by atoms with Crippen molar-refractivity contribution in [1.29, 1.82) is 0 Å². The fourth-order valence-corrected chi connectivity index (χ4v) is 2.91. The molecule has 0 aliphatic carbocycles. The van der Waals surface area contributed by atoms with Crippen LogP contribution in [-0.2, 0) is 21.3 Å². The quantitative estimate of drug-likeness (QED) is 0.486. The lowest BCUT2D eigenvalue weighted by molar-refractivity contribution is -0.172. The monoisotopic (exact) mass is 391 g/mol. The number of carbonyl (C=O) groups is 1. The van der Waals surface area contributed by atoms with Crippen LogP contribution in [0.5, 0.6) is 5.75 Å². The molecule has 0 radical (unpaired) electrons. The van der Waals surface area contributed by atoms with Gasteiger partial charge in [-0.2, -0.15) is 34.8 Å². The number of carbonyl (C=O) groups excluding carboxylic acids is 1. The second kappa shape index (κ2) is 6.48. The highest BCUT2D eigenvalue weighted by Crippen LogP contribution is 2.36. The molecular weight excluding hydrogens is 380 g/mol. The molecule has 0 aromatic heterocycles. The largest absolute Gasteiger partial charge is 0.534 e. The van der Waals surface area contributed by atoms with Gasteiger partial charge in [0.25, 0.3) is 0 Å². The Morgan fingerprint density at radius 1 is 1.16 bits per heavy atom. The van der Waals surface area contributed by atoms with Crippen molar-refractivity contribution in [3.05, 3.63) is 29.3 Å². The van der Waals surface area contributed by atoms with Gasteiger partial charge in [0.2, 0.25) is 5.78 Å². The number of Topliss-reactive ketones (excluding diaryl/α,β-unsaturated/α-hetero) is 1. The molecule has 0 fully saturated rings. The molecule has 0 spiro atoms. The topological polar surface area (TPSA) is 72.5 Å². The summed E-state index contributed by atoms with van der Waals surface area (Å²) >= 11 is 0. The molecule has 0 amide bonds. The SMILES string of the molecule is O=C(C1CNCCc2c(OS(=O)(=O)C(F)(F)F)cccc21)C(F)(F)F. The van der Waals surface area contributed by atoms with Gasteiger partial charge in [-0.05, 0) is 24.6 Å². The number of hydrogen-bond donors (Lipinski definition) is 1. The van der Waals surface area contributed by atoms with Crippen LogP contribution in [0.25, 0.3) is 0 Å². The summed E-state index contributed by atoms with van der Waals surface area (Å²) in [4.78, 5) is 11.6. The van der Waals surface area contributed by atoms with Crippen LogP contribution in [0.15, 0.2) is 18.2 Å². The average molecular weight is 391 g/mol. The van der Waals surface area contributed by atoms with Gasteiger partial charge in [-0.15, -0.1) is 0 Å². The van der Waals surface area contributed by atoms with E-state index in [1.165, 1.54) is 0 Å². The van der Waals surface area contributed by atoms with Crippen molar-refractivity contribution < 1.29 is 43.7 Å². The van der Waals surface area contributed by atoms with E-state index in [0.717, 1.165) is 18.2 Å².